The Kier molecular flexibility index (Phi) is 3.21. The number of nitrogens with zero attached hydrogens (tertiary/aromatic N) is 2. The maximum absolute atomic E-state index is 4.33. The van der Waals surface area contributed by atoms with Gasteiger partial charge in [0.15, 0.2) is 0 Å². The quantitative estimate of drug-likeness (QED) is 0.798. The van der Waals surface area contributed by atoms with Crippen LogP contribution >= 0.6 is 0 Å². The molecule has 1 aromatic rings. The highest BCUT2D eigenvalue weighted by atomic mass is 15.2. The Hall–Kier alpha value is -1.09. The Morgan fingerprint density at radius 1 is 1.47 bits per heavy atom. The molecule has 1 aliphatic carbocycles. The Bertz CT molecular complexity index is 303. The smallest absolute Gasteiger partial charge is 0.125 e. The van der Waals surface area contributed by atoms with Crippen LogP contribution in [0.2, 0.25) is 0 Å². The molecule has 1 fully saturated rings. The summed E-state index contributed by atoms with van der Waals surface area (Å²) in [6.07, 6.45) is 4.71. The SMILES string of the molecule is CCN(Cc1ccc(NC)nc1)C1CC1. The van der Waals surface area contributed by atoms with Gasteiger partial charge in [-0.05, 0) is 31.0 Å². The largest absolute Gasteiger partial charge is 0.373 e. The molecule has 1 aliphatic rings. The Morgan fingerprint density at radius 2 is 2.27 bits per heavy atom. The summed E-state index contributed by atoms with van der Waals surface area (Å²) in [7, 11) is 1.89. The van der Waals surface area contributed by atoms with Gasteiger partial charge in [0.05, 0.1) is 0 Å². The van der Waals surface area contributed by atoms with Gasteiger partial charge in [-0.2, -0.15) is 0 Å². The molecule has 1 saturated carbocycles. The van der Waals surface area contributed by atoms with Crippen molar-refractivity contribution in [2.24, 2.45) is 0 Å². The normalized spacial score (nSPS) is 15.7. The zero-order valence-corrected chi connectivity index (χ0v) is 9.53. The second-order valence-electron chi connectivity index (χ2n) is 4.10. The highest BCUT2D eigenvalue weighted by molar-refractivity contribution is 5.34. The Labute approximate surface area is 91.5 Å². The average Bonchev–Trinajstić information content (AvgIpc) is 3.10. The molecule has 3 nitrogen and oxygen atoms in total. The van der Waals surface area contributed by atoms with Gasteiger partial charge < -0.3 is 5.32 Å². The third-order valence-corrected chi connectivity index (χ3v) is 2.94. The van der Waals surface area contributed by atoms with Gasteiger partial charge in [0, 0.05) is 25.8 Å². The number of pyridine rings is 1. The van der Waals surface area contributed by atoms with E-state index >= 15 is 0 Å². The van der Waals surface area contributed by atoms with E-state index in [0.29, 0.717) is 0 Å². The third kappa shape index (κ3) is 2.69. The molecule has 0 bridgehead atoms. The van der Waals surface area contributed by atoms with Crippen LogP contribution in [-0.4, -0.2) is 29.5 Å². The number of rotatable bonds is 5. The number of hydrogen-bond donors (Lipinski definition) is 1. The summed E-state index contributed by atoms with van der Waals surface area (Å²) in [5.41, 5.74) is 1.31. The van der Waals surface area contributed by atoms with Gasteiger partial charge in [0.1, 0.15) is 5.82 Å². The second kappa shape index (κ2) is 4.62. The van der Waals surface area contributed by atoms with Crippen LogP contribution in [0.4, 0.5) is 5.82 Å². The minimum Gasteiger partial charge on any atom is -0.373 e. The molecular weight excluding hydrogens is 186 g/mol. The minimum absolute atomic E-state index is 0.832. The Balaban J connectivity index is 1.96. The Morgan fingerprint density at radius 3 is 2.73 bits per heavy atom. The maximum atomic E-state index is 4.33. The van der Waals surface area contributed by atoms with E-state index in [9.17, 15) is 0 Å². The zero-order valence-electron chi connectivity index (χ0n) is 9.53. The van der Waals surface area contributed by atoms with E-state index in [1.165, 1.54) is 18.4 Å². The fraction of sp³-hybridized carbons (Fsp3) is 0.583. The average molecular weight is 205 g/mol. The van der Waals surface area contributed by atoms with Crippen molar-refractivity contribution in [1.82, 2.24) is 9.88 Å². The summed E-state index contributed by atoms with van der Waals surface area (Å²) >= 11 is 0. The van der Waals surface area contributed by atoms with E-state index in [0.717, 1.165) is 24.9 Å². The molecule has 15 heavy (non-hydrogen) atoms. The van der Waals surface area contributed by atoms with E-state index in [-0.39, 0.29) is 0 Å². The first-order chi connectivity index (χ1) is 7.33. The summed E-state index contributed by atoms with van der Waals surface area (Å²) in [5, 5.41) is 3.03. The molecule has 1 heterocycles. The maximum Gasteiger partial charge on any atom is 0.125 e. The van der Waals surface area contributed by atoms with Crippen LogP contribution in [0.5, 0.6) is 0 Å². The molecular formula is C12H19N3. The van der Waals surface area contributed by atoms with Gasteiger partial charge in [-0.3, -0.25) is 4.90 Å². The van der Waals surface area contributed by atoms with Crippen LogP contribution in [0.15, 0.2) is 18.3 Å². The molecule has 0 unspecified atom stereocenters. The van der Waals surface area contributed by atoms with E-state index in [2.05, 4.69) is 28.2 Å². The van der Waals surface area contributed by atoms with Crippen molar-refractivity contribution < 1.29 is 0 Å². The van der Waals surface area contributed by atoms with Crippen molar-refractivity contribution in [2.45, 2.75) is 32.4 Å². The van der Waals surface area contributed by atoms with Crippen LogP contribution in [0.3, 0.4) is 0 Å². The van der Waals surface area contributed by atoms with Gasteiger partial charge in [-0.25, -0.2) is 4.98 Å². The molecule has 2 rings (SSSR count). The van der Waals surface area contributed by atoms with E-state index < -0.39 is 0 Å². The molecule has 0 spiro atoms. The number of nitrogens with one attached hydrogen (secondary N) is 1. The monoisotopic (exact) mass is 205 g/mol. The van der Waals surface area contributed by atoms with Crippen molar-refractivity contribution in [3.8, 4) is 0 Å². The van der Waals surface area contributed by atoms with Gasteiger partial charge in [-0.1, -0.05) is 13.0 Å². The lowest BCUT2D eigenvalue weighted by Gasteiger charge is -2.19. The summed E-state index contributed by atoms with van der Waals surface area (Å²) in [6.45, 7) is 4.41. The molecule has 0 aromatic carbocycles. The standard InChI is InChI=1S/C12H19N3/c1-3-15(11-5-6-11)9-10-4-7-12(13-2)14-8-10/h4,7-8,11H,3,5-6,9H2,1-2H3,(H,13,14). The van der Waals surface area contributed by atoms with Crippen molar-refractivity contribution in [1.29, 1.82) is 0 Å². The van der Waals surface area contributed by atoms with Gasteiger partial charge in [0.2, 0.25) is 0 Å². The number of anilines is 1. The molecule has 0 radical (unpaired) electrons. The van der Waals surface area contributed by atoms with Crippen molar-refractivity contribution >= 4 is 5.82 Å². The van der Waals surface area contributed by atoms with Crippen LogP contribution in [0.25, 0.3) is 0 Å². The van der Waals surface area contributed by atoms with Gasteiger partial charge >= 0.3 is 0 Å². The molecule has 1 aromatic heterocycles. The fourth-order valence-corrected chi connectivity index (χ4v) is 1.84. The molecule has 0 saturated heterocycles. The first-order valence-corrected chi connectivity index (χ1v) is 5.70. The molecule has 0 aliphatic heterocycles. The van der Waals surface area contributed by atoms with Crippen LogP contribution in [-0.2, 0) is 6.54 Å². The lowest BCUT2D eigenvalue weighted by Crippen LogP contribution is -2.25. The minimum atomic E-state index is 0.832. The summed E-state index contributed by atoms with van der Waals surface area (Å²) < 4.78 is 0. The van der Waals surface area contributed by atoms with Crippen molar-refractivity contribution in [3.05, 3.63) is 23.9 Å². The molecule has 82 valence electrons. The van der Waals surface area contributed by atoms with E-state index in [4.69, 9.17) is 0 Å². The molecule has 0 amide bonds. The summed E-state index contributed by atoms with van der Waals surface area (Å²) in [6, 6.07) is 5.03. The van der Waals surface area contributed by atoms with E-state index in [1.54, 1.807) is 0 Å². The third-order valence-electron chi connectivity index (χ3n) is 2.94. The summed E-state index contributed by atoms with van der Waals surface area (Å²) in [5.74, 6) is 0.938. The van der Waals surface area contributed by atoms with E-state index in [1.807, 2.05) is 19.3 Å². The number of hydrogen-bond acceptors (Lipinski definition) is 3. The zero-order chi connectivity index (χ0) is 10.7. The van der Waals surface area contributed by atoms with Gasteiger partial charge in [-0.15, -0.1) is 0 Å². The molecule has 1 N–H and O–H groups in total. The second-order valence-corrected chi connectivity index (χ2v) is 4.10. The highest BCUT2D eigenvalue weighted by Crippen LogP contribution is 2.27. The van der Waals surface area contributed by atoms with Crippen LogP contribution in [0.1, 0.15) is 25.3 Å². The van der Waals surface area contributed by atoms with Crippen molar-refractivity contribution in [3.63, 3.8) is 0 Å². The topological polar surface area (TPSA) is 28.2 Å². The van der Waals surface area contributed by atoms with Crippen molar-refractivity contribution in [2.75, 3.05) is 18.9 Å². The summed E-state index contributed by atoms with van der Waals surface area (Å²) in [4.78, 5) is 6.85. The highest BCUT2D eigenvalue weighted by Gasteiger charge is 2.27. The van der Waals surface area contributed by atoms with Gasteiger partial charge in [0.25, 0.3) is 0 Å². The first-order valence-electron chi connectivity index (χ1n) is 5.70. The van der Waals surface area contributed by atoms with Crippen LogP contribution in [0, 0.1) is 0 Å². The first kappa shape index (κ1) is 10.4. The molecule has 0 atom stereocenters. The fourth-order valence-electron chi connectivity index (χ4n) is 1.84. The lowest BCUT2D eigenvalue weighted by molar-refractivity contribution is 0.269. The molecule has 3 heteroatoms. The lowest BCUT2D eigenvalue weighted by atomic mass is 10.2. The van der Waals surface area contributed by atoms with Crippen LogP contribution < -0.4 is 5.32 Å². The predicted octanol–water partition coefficient (Wildman–Crippen LogP) is 2.11. The predicted molar refractivity (Wildman–Crippen MR) is 62.9 cm³/mol. The number of aromatic nitrogens is 1.